The van der Waals surface area contributed by atoms with Gasteiger partial charge in [0.2, 0.25) is 0 Å². The third kappa shape index (κ3) is 4.90. The standard InChI is InChI=1S/2C10H13N.C2H6/c1-8-6-9-4-2-3-5-10(9)7-11-8;1-8-6-7-11-10-5-3-2-4-9(8)10;1-2/h6-7H,2-5H2,1H3;2-3H,4-7H2,1H3;1-2H3. The van der Waals surface area contributed by atoms with Crippen LogP contribution in [0.1, 0.15) is 69.7 Å². The van der Waals surface area contributed by atoms with Gasteiger partial charge in [0.25, 0.3) is 0 Å². The van der Waals surface area contributed by atoms with Crippen molar-refractivity contribution in [3.05, 3.63) is 52.4 Å². The maximum atomic E-state index is 4.51. The van der Waals surface area contributed by atoms with Crippen LogP contribution in [0.15, 0.2) is 40.6 Å². The first kappa shape index (κ1) is 18.6. The molecule has 2 heterocycles. The van der Waals surface area contributed by atoms with Crippen molar-refractivity contribution in [2.45, 2.75) is 72.6 Å². The summed E-state index contributed by atoms with van der Waals surface area (Å²) < 4.78 is 0. The maximum Gasteiger partial charge on any atom is 0.0430 e. The second-order valence-electron chi connectivity index (χ2n) is 6.52. The fourth-order valence-corrected chi connectivity index (χ4v) is 3.46. The van der Waals surface area contributed by atoms with E-state index in [4.69, 9.17) is 0 Å². The van der Waals surface area contributed by atoms with Crippen LogP contribution < -0.4 is 0 Å². The summed E-state index contributed by atoms with van der Waals surface area (Å²) >= 11 is 0. The van der Waals surface area contributed by atoms with E-state index in [1.165, 1.54) is 54.5 Å². The van der Waals surface area contributed by atoms with Crippen molar-refractivity contribution in [3.63, 3.8) is 0 Å². The molecule has 0 radical (unpaired) electrons. The minimum Gasteiger partial charge on any atom is -0.289 e. The fraction of sp³-hybridized carbons (Fsp3) is 0.545. The van der Waals surface area contributed by atoms with Crippen LogP contribution in [0.2, 0.25) is 0 Å². The Labute approximate surface area is 147 Å². The minimum absolute atomic E-state index is 1.01. The van der Waals surface area contributed by atoms with E-state index in [2.05, 4.69) is 42.0 Å². The molecule has 2 nitrogen and oxygen atoms in total. The summed E-state index contributed by atoms with van der Waals surface area (Å²) in [6.45, 7) is 9.32. The third-order valence-corrected chi connectivity index (χ3v) is 4.81. The maximum absolute atomic E-state index is 4.51. The van der Waals surface area contributed by atoms with E-state index < -0.39 is 0 Å². The summed E-state index contributed by atoms with van der Waals surface area (Å²) in [7, 11) is 0. The number of hydrogen-bond donors (Lipinski definition) is 0. The second-order valence-corrected chi connectivity index (χ2v) is 6.52. The first-order valence-electron chi connectivity index (χ1n) is 9.56. The molecule has 1 aliphatic heterocycles. The molecule has 4 rings (SSSR count). The molecule has 0 aromatic carbocycles. The highest BCUT2D eigenvalue weighted by atomic mass is 14.7. The average molecular weight is 325 g/mol. The highest BCUT2D eigenvalue weighted by Crippen LogP contribution is 2.24. The van der Waals surface area contributed by atoms with Gasteiger partial charge in [-0.25, -0.2) is 0 Å². The molecule has 0 atom stereocenters. The summed E-state index contributed by atoms with van der Waals surface area (Å²) in [6.07, 6.45) is 15.1. The zero-order valence-corrected chi connectivity index (χ0v) is 15.9. The van der Waals surface area contributed by atoms with Crippen molar-refractivity contribution in [1.82, 2.24) is 4.98 Å². The van der Waals surface area contributed by atoms with Gasteiger partial charge in [-0.1, -0.05) is 31.6 Å². The van der Waals surface area contributed by atoms with Gasteiger partial charge in [0.1, 0.15) is 0 Å². The number of aliphatic imine (C=N–C) groups is 1. The first-order chi connectivity index (χ1) is 11.7. The largest absolute Gasteiger partial charge is 0.289 e. The van der Waals surface area contributed by atoms with Crippen molar-refractivity contribution in [1.29, 1.82) is 0 Å². The van der Waals surface area contributed by atoms with E-state index in [1.54, 1.807) is 5.57 Å². The molecule has 24 heavy (non-hydrogen) atoms. The van der Waals surface area contributed by atoms with Gasteiger partial charge in [-0.15, -0.1) is 0 Å². The zero-order chi connectivity index (χ0) is 17.4. The third-order valence-electron chi connectivity index (χ3n) is 4.81. The number of nitrogens with zero attached hydrogens (tertiary/aromatic N) is 2. The molecule has 0 spiro atoms. The molecule has 3 aliphatic rings. The van der Waals surface area contributed by atoms with Crippen LogP contribution in [-0.2, 0) is 12.8 Å². The number of allylic oxidation sites excluding steroid dienone is 3. The number of dihydropyridines is 1. The average Bonchev–Trinajstić information content (AvgIpc) is 2.64. The second kappa shape index (κ2) is 9.56. The van der Waals surface area contributed by atoms with E-state index in [1.807, 2.05) is 20.0 Å². The molecule has 2 aliphatic carbocycles. The van der Waals surface area contributed by atoms with Crippen LogP contribution in [-0.4, -0.2) is 17.2 Å². The number of aryl methyl sites for hydroxylation is 3. The molecular formula is C22H32N2. The monoisotopic (exact) mass is 324 g/mol. The predicted molar refractivity (Wildman–Crippen MR) is 105 cm³/mol. The lowest BCUT2D eigenvalue weighted by atomic mass is 9.91. The SMILES string of the molecule is CC.CC1=C2CC=CCC2=NCC1.Cc1cc2c(cn1)CCCC2. The van der Waals surface area contributed by atoms with Crippen LogP contribution in [0.3, 0.4) is 0 Å². The fourth-order valence-electron chi connectivity index (χ4n) is 3.46. The highest BCUT2D eigenvalue weighted by molar-refractivity contribution is 6.03. The molecule has 0 saturated heterocycles. The number of rotatable bonds is 0. The number of hydrogen-bond acceptors (Lipinski definition) is 2. The number of fused-ring (bicyclic) bond motifs is 2. The minimum atomic E-state index is 1.01. The Hall–Kier alpha value is -1.70. The van der Waals surface area contributed by atoms with E-state index in [0.29, 0.717) is 0 Å². The molecule has 0 amide bonds. The van der Waals surface area contributed by atoms with E-state index in [0.717, 1.165) is 25.1 Å². The van der Waals surface area contributed by atoms with Gasteiger partial charge in [-0.2, -0.15) is 0 Å². The lowest BCUT2D eigenvalue weighted by Crippen LogP contribution is -2.12. The number of pyridine rings is 1. The van der Waals surface area contributed by atoms with Gasteiger partial charge in [-0.3, -0.25) is 9.98 Å². The predicted octanol–water partition coefficient (Wildman–Crippen LogP) is 5.79. The molecular weight excluding hydrogens is 292 g/mol. The van der Waals surface area contributed by atoms with E-state index in [-0.39, 0.29) is 0 Å². The van der Waals surface area contributed by atoms with E-state index >= 15 is 0 Å². The topological polar surface area (TPSA) is 25.2 Å². The summed E-state index contributed by atoms with van der Waals surface area (Å²) in [5.74, 6) is 0. The zero-order valence-electron chi connectivity index (χ0n) is 15.9. The molecule has 2 heteroatoms. The Bertz CT molecular complexity index is 635. The van der Waals surface area contributed by atoms with Gasteiger partial charge in [0.15, 0.2) is 0 Å². The Kier molecular flexibility index (Phi) is 7.42. The molecule has 0 bridgehead atoms. The summed E-state index contributed by atoms with van der Waals surface area (Å²) in [5, 5.41) is 0. The van der Waals surface area contributed by atoms with Gasteiger partial charge < -0.3 is 0 Å². The van der Waals surface area contributed by atoms with Gasteiger partial charge in [-0.05, 0) is 75.1 Å². The van der Waals surface area contributed by atoms with Crippen LogP contribution >= 0.6 is 0 Å². The van der Waals surface area contributed by atoms with Crippen LogP contribution in [0.4, 0.5) is 0 Å². The summed E-state index contributed by atoms with van der Waals surface area (Å²) in [6, 6.07) is 2.23. The highest BCUT2D eigenvalue weighted by Gasteiger charge is 2.14. The summed E-state index contributed by atoms with van der Waals surface area (Å²) in [5.41, 5.74) is 8.57. The number of aromatic nitrogens is 1. The van der Waals surface area contributed by atoms with Crippen molar-refractivity contribution in [3.8, 4) is 0 Å². The summed E-state index contributed by atoms with van der Waals surface area (Å²) in [4.78, 5) is 8.80. The van der Waals surface area contributed by atoms with Crippen LogP contribution in [0.25, 0.3) is 0 Å². The molecule has 0 N–H and O–H groups in total. The quantitative estimate of drug-likeness (QED) is 0.554. The Morgan fingerprint density at radius 2 is 1.58 bits per heavy atom. The van der Waals surface area contributed by atoms with Gasteiger partial charge >= 0.3 is 0 Å². The van der Waals surface area contributed by atoms with Crippen molar-refractivity contribution < 1.29 is 0 Å². The first-order valence-corrected chi connectivity index (χ1v) is 9.56. The molecule has 0 saturated carbocycles. The van der Waals surface area contributed by atoms with Gasteiger partial charge in [0.05, 0.1) is 0 Å². The van der Waals surface area contributed by atoms with Gasteiger partial charge in [0, 0.05) is 30.6 Å². The smallest absolute Gasteiger partial charge is 0.0430 e. The Morgan fingerprint density at radius 3 is 2.33 bits per heavy atom. The lowest BCUT2D eigenvalue weighted by molar-refractivity contribution is 0.680. The molecule has 0 unspecified atom stereocenters. The normalized spacial score (nSPS) is 18.2. The lowest BCUT2D eigenvalue weighted by Gasteiger charge is -2.19. The van der Waals surface area contributed by atoms with Crippen molar-refractivity contribution in [2.24, 2.45) is 4.99 Å². The molecule has 1 aromatic rings. The van der Waals surface area contributed by atoms with E-state index in [9.17, 15) is 0 Å². The van der Waals surface area contributed by atoms with Crippen molar-refractivity contribution >= 4 is 5.71 Å². The van der Waals surface area contributed by atoms with Crippen molar-refractivity contribution in [2.75, 3.05) is 6.54 Å². The van der Waals surface area contributed by atoms with Crippen LogP contribution in [0, 0.1) is 6.92 Å². The molecule has 1 aromatic heterocycles. The van der Waals surface area contributed by atoms with Crippen LogP contribution in [0.5, 0.6) is 0 Å². The molecule has 0 fully saturated rings. The Balaban J connectivity index is 0.000000158. The molecule has 130 valence electrons. The Morgan fingerprint density at radius 1 is 0.875 bits per heavy atom.